The highest BCUT2D eigenvalue weighted by molar-refractivity contribution is 6.18. The van der Waals surface area contributed by atoms with Gasteiger partial charge in [0.15, 0.2) is 6.23 Å². The number of nitrogens with zero attached hydrogens (tertiary/aromatic N) is 2. The molecule has 0 spiro atoms. The van der Waals surface area contributed by atoms with Crippen LogP contribution in [0.3, 0.4) is 0 Å². The Balaban J connectivity index is 2.32. The van der Waals surface area contributed by atoms with Crippen molar-refractivity contribution in [3.8, 4) is 0 Å². The van der Waals surface area contributed by atoms with Crippen LogP contribution < -0.4 is 5.32 Å². The molecule has 2 amide bonds. The van der Waals surface area contributed by atoms with Gasteiger partial charge < -0.3 is 35.2 Å². The first kappa shape index (κ1) is 23.4. The first-order valence-electron chi connectivity index (χ1n) is 8.89. The fourth-order valence-corrected chi connectivity index (χ4v) is 3.23. The molecule has 1 fully saturated rings. The molecular formula is C17H24ClN3O8. The number of rotatable bonds is 8. The van der Waals surface area contributed by atoms with Crippen molar-refractivity contribution in [1.29, 1.82) is 0 Å². The summed E-state index contributed by atoms with van der Waals surface area (Å²) in [6, 6.07) is 7.07. The molecule has 0 aliphatic carbocycles. The average molecular weight is 434 g/mol. The predicted octanol–water partition coefficient (Wildman–Crippen LogP) is -0.392. The van der Waals surface area contributed by atoms with E-state index in [1.54, 1.807) is 37.3 Å². The number of carbonyl (C=O) groups is 1. The zero-order valence-corrected chi connectivity index (χ0v) is 16.3. The largest absolute Gasteiger partial charge is 0.387 e. The molecule has 1 aromatic rings. The normalized spacial score (nSPS) is 30.4. The first-order chi connectivity index (χ1) is 13.8. The summed E-state index contributed by atoms with van der Waals surface area (Å²) < 4.78 is 11.3. The molecule has 1 aliphatic heterocycles. The number of halogens is 1. The molecule has 1 heterocycles. The predicted molar refractivity (Wildman–Crippen MR) is 100 cm³/mol. The summed E-state index contributed by atoms with van der Waals surface area (Å²) in [6.07, 6.45) is -8.78. The van der Waals surface area contributed by atoms with Crippen LogP contribution in [0.4, 0.5) is 4.79 Å². The minimum atomic E-state index is -1.93. The molecule has 1 aliphatic rings. The van der Waals surface area contributed by atoms with E-state index >= 15 is 0 Å². The number of hydrogen-bond acceptors (Lipinski definition) is 9. The van der Waals surface area contributed by atoms with Gasteiger partial charge in [-0.2, -0.15) is 5.01 Å². The number of carbonyl (C=O) groups excluding carboxylic acids is 1. The SMILES string of the molecule is CCO[C@@]1(c2ccccc2)O[C@H](C(O)NC(=O)N(CCCl)N=O)[C@@H](O)[C@H](O)[C@@H]1O. The highest BCUT2D eigenvalue weighted by Crippen LogP contribution is 2.40. The van der Waals surface area contributed by atoms with E-state index in [9.17, 15) is 30.1 Å². The summed E-state index contributed by atoms with van der Waals surface area (Å²) in [5.41, 5.74) is 0.321. The van der Waals surface area contributed by atoms with Gasteiger partial charge >= 0.3 is 6.03 Å². The Hall–Kier alpha value is -1.86. The van der Waals surface area contributed by atoms with E-state index in [-0.39, 0.29) is 19.0 Å². The molecule has 11 nitrogen and oxygen atoms in total. The highest BCUT2D eigenvalue weighted by Gasteiger charge is 2.57. The van der Waals surface area contributed by atoms with Gasteiger partial charge in [-0.3, -0.25) is 0 Å². The van der Waals surface area contributed by atoms with E-state index in [1.807, 2.05) is 5.32 Å². The summed E-state index contributed by atoms with van der Waals surface area (Å²) in [7, 11) is 0. The lowest BCUT2D eigenvalue weighted by Gasteiger charge is -2.49. The van der Waals surface area contributed by atoms with Crippen LogP contribution in [0.25, 0.3) is 0 Å². The topological polar surface area (TPSA) is 161 Å². The highest BCUT2D eigenvalue weighted by atomic mass is 35.5. The van der Waals surface area contributed by atoms with Crippen LogP contribution in [0.1, 0.15) is 12.5 Å². The second kappa shape index (κ2) is 10.3. The van der Waals surface area contributed by atoms with Gasteiger partial charge in [0, 0.05) is 18.1 Å². The molecule has 2 rings (SSSR count). The fraction of sp³-hybridized carbons (Fsp3) is 0.588. The monoisotopic (exact) mass is 433 g/mol. The lowest BCUT2D eigenvalue weighted by atomic mass is 9.87. The van der Waals surface area contributed by atoms with Crippen LogP contribution in [0, 0.1) is 4.91 Å². The second-order valence-electron chi connectivity index (χ2n) is 6.26. The molecule has 0 aromatic heterocycles. The van der Waals surface area contributed by atoms with Gasteiger partial charge in [-0.05, 0) is 6.92 Å². The van der Waals surface area contributed by atoms with Gasteiger partial charge in [-0.15, -0.1) is 16.5 Å². The number of aliphatic hydroxyl groups excluding tert-OH is 4. The van der Waals surface area contributed by atoms with Crippen molar-refractivity contribution in [2.45, 2.75) is 43.4 Å². The Bertz CT molecular complexity index is 684. The van der Waals surface area contributed by atoms with Crippen molar-refractivity contribution in [1.82, 2.24) is 10.3 Å². The van der Waals surface area contributed by atoms with Crippen LogP contribution in [-0.4, -0.2) is 81.1 Å². The zero-order valence-electron chi connectivity index (χ0n) is 15.6. The molecule has 6 atom stereocenters. The summed E-state index contributed by atoms with van der Waals surface area (Å²) in [5, 5.41) is 46.7. The molecule has 1 aromatic carbocycles. The van der Waals surface area contributed by atoms with Gasteiger partial charge in [-0.1, -0.05) is 30.3 Å². The first-order valence-corrected chi connectivity index (χ1v) is 9.42. The smallest absolute Gasteiger partial charge is 0.342 e. The third-order valence-electron chi connectivity index (χ3n) is 4.46. The minimum Gasteiger partial charge on any atom is -0.387 e. The van der Waals surface area contributed by atoms with Gasteiger partial charge in [-0.25, -0.2) is 4.79 Å². The molecule has 0 radical (unpaired) electrons. The third-order valence-corrected chi connectivity index (χ3v) is 4.63. The van der Waals surface area contributed by atoms with E-state index in [0.29, 0.717) is 10.6 Å². The van der Waals surface area contributed by atoms with Crippen molar-refractivity contribution in [2.75, 3.05) is 19.0 Å². The molecule has 0 saturated carbocycles. The van der Waals surface area contributed by atoms with Gasteiger partial charge in [0.2, 0.25) is 5.79 Å². The van der Waals surface area contributed by atoms with Crippen molar-refractivity contribution in [3.63, 3.8) is 0 Å². The summed E-state index contributed by atoms with van der Waals surface area (Å²) in [5.74, 6) is -2.01. The number of nitrogens with one attached hydrogen (secondary N) is 1. The maximum Gasteiger partial charge on any atom is 0.342 e. The molecule has 12 heteroatoms. The number of urea groups is 1. The van der Waals surface area contributed by atoms with Crippen molar-refractivity contribution in [3.05, 3.63) is 40.8 Å². The molecule has 1 unspecified atom stereocenters. The molecule has 0 bridgehead atoms. The summed E-state index contributed by atoms with van der Waals surface area (Å²) >= 11 is 5.48. The number of ether oxygens (including phenoxy) is 2. The third kappa shape index (κ3) is 4.83. The number of amides is 2. The number of aliphatic hydroxyl groups is 4. The Labute approximate surface area is 171 Å². The Morgan fingerprint density at radius 3 is 2.55 bits per heavy atom. The van der Waals surface area contributed by atoms with Crippen molar-refractivity contribution >= 4 is 17.6 Å². The van der Waals surface area contributed by atoms with E-state index in [0.717, 1.165) is 0 Å². The van der Waals surface area contributed by atoms with E-state index < -0.39 is 42.5 Å². The molecule has 29 heavy (non-hydrogen) atoms. The fourth-order valence-electron chi connectivity index (χ4n) is 3.07. The van der Waals surface area contributed by atoms with Gasteiger partial charge in [0.1, 0.15) is 24.4 Å². The van der Waals surface area contributed by atoms with Gasteiger partial charge in [0.25, 0.3) is 0 Å². The van der Waals surface area contributed by atoms with E-state index in [1.165, 1.54) is 0 Å². The summed E-state index contributed by atoms with van der Waals surface area (Å²) in [6.45, 7) is 1.47. The lowest BCUT2D eigenvalue weighted by Crippen LogP contribution is -2.68. The zero-order chi connectivity index (χ0) is 21.6. The average Bonchev–Trinajstić information content (AvgIpc) is 2.73. The molecule has 5 N–H and O–H groups in total. The van der Waals surface area contributed by atoms with Crippen LogP contribution in [0.2, 0.25) is 0 Å². The van der Waals surface area contributed by atoms with Crippen LogP contribution in [0.15, 0.2) is 35.6 Å². The Morgan fingerprint density at radius 2 is 2.00 bits per heavy atom. The maximum absolute atomic E-state index is 12.0. The van der Waals surface area contributed by atoms with Crippen LogP contribution in [-0.2, 0) is 15.3 Å². The molecular weight excluding hydrogens is 410 g/mol. The standard InChI is InChI=1S/C17H24ClN3O8/c1-2-28-17(10-6-4-3-5-7-10)14(24)12(23)11(22)13(29-17)15(25)19-16(26)21(20-27)9-8-18/h3-7,11-15,22-25H,2,8-9H2,1H3,(H,19,26)/t11-,12-,13-,14-,15?,17-/m0/s1. The second-order valence-corrected chi connectivity index (χ2v) is 6.64. The van der Waals surface area contributed by atoms with Crippen LogP contribution in [0.5, 0.6) is 0 Å². The van der Waals surface area contributed by atoms with Crippen LogP contribution >= 0.6 is 11.6 Å². The van der Waals surface area contributed by atoms with Crippen molar-refractivity contribution in [2.24, 2.45) is 5.29 Å². The summed E-state index contributed by atoms with van der Waals surface area (Å²) in [4.78, 5) is 22.8. The van der Waals surface area contributed by atoms with E-state index in [4.69, 9.17) is 21.1 Å². The maximum atomic E-state index is 12.0. The quantitative estimate of drug-likeness (QED) is 0.160. The van der Waals surface area contributed by atoms with E-state index in [2.05, 4.69) is 5.29 Å². The minimum absolute atomic E-state index is 0.0580. The van der Waals surface area contributed by atoms with Crippen molar-refractivity contribution < 1.29 is 34.7 Å². The Kier molecular flexibility index (Phi) is 8.28. The number of benzene rings is 1. The van der Waals surface area contributed by atoms with Gasteiger partial charge in [0.05, 0.1) is 11.8 Å². The Morgan fingerprint density at radius 1 is 1.34 bits per heavy atom. The molecule has 1 saturated heterocycles. The number of alkyl halides is 1. The number of hydrogen-bond donors (Lipinski definition) is 5. The number of nitroso groups, excluding NO2 is 1. The lowest BCUT2D eigenvalue weighted by molar-refractivity contribution is -0.379. The molecule has 162 valence electrons.